The van der Waals surface area contributed by atoms with Crippen LogP contribution in [0.4, 0.5) is 15.8 Å². The molecular formula is C29H39ClFN7S. The molecule has 1 saturated carbocycles. The van der Waals surface area contributed by atoms with Crippen molar-refractivity contribution >= 4 is 46.5 Å². The zero-order valence-corrected chi connectivity index (χ0v) is 24.1. The summed E-state index contributed by atoms with van der Waals surface area (Å²) in [4.78, 5) is 9.57. The number of rotatable bonds is 7. The van der Waals surface area contributed by atoms with Crippen LogP contribution in [0.3, 0.4) is 0 Å². The van der Waals surface area contributed by atoms with E-state index < -0.39 is 0 Å². The molecule has 0 amide bonds. The van der Waals surface area contributed by atoms with E-state index in [1.807, 2.05) is 24.3 Å². The standard InChI is InChI=1S/C29H39ClFN7S/c30-25-9-5-4-6-22(25)21-35-10-12-38(13-11-35)28-19-27(23(18-26(28)31)20-33-34-29(32)39)37-16-14-36(15-17-37)24-7-2-1-3-8-24/h4-6,9,18-20,24H,1-3,7-8,10-17,21H2,(H3,32,34,39). The second kappa shape index (κ2) is 13.3. The molecule has 2 saturated heterocycles. The van der Waals surface area contributed by atoms with E-state index in [-0.39, 0.29) is 10.9 Å². The number of benzene rings is 2. The van der Waals surface area contributed by atoms with Crippen molar-refractivity contribution in [2.45, 2.75) is 44.7 Å². The third-order valence-corrected chi connectivity index (χ3v) is 8.75. The summed E-state index contributed by atoms with van der Waals surface area (Å²) in [5.74, 6) is -0.240. The first-order valence-electron chi connectivity index (χ1n) is 14.1. The number of hydrogen-bond donors (Lipinski definition) is 2. The summed E-state index contributed by atoms with van der Waals surface area (Å²) in [5.41, 5.74) is 11.7. The molecule has 0 radical (unpaired) electrons. The Morgan fingerprint density at radius 1 is 0.974 bits per heavy atom. The molecule has 1 aliphatic carbocycles. The molecule has 0 unspecified atom stereocenters. The third-order valence-electron chi connectivity index (χ3n) is 8.29. The van der Waals surface area contributed by atoms with Gasteiger partial charge in [0.15, 0.2) is 5.11 Å². The lowest BCUT2D eigenvalue weighted by atomic mass is 9.94. The number of hydrazone groups is 1. The normalized spacial score (nSPS) is 20.1. The van der Waals surface area contributed by atoms with E-state index in [2.05, 4.69) is 36.2 Å². The molecule has 0 bridgehead atoms. The van der Waals surface area contributed by atoms with Crippen LogP contribution in [-0.4, -0.2) is 79.5 Å². The Balaban J connectivity index is 1.30. The lowest BCUT2D eigenvalue weighted by molar-refractivity contribution is 0.148. The molecule has 210 valence electrons. The van der Waals surface area contributed by atoms with Crippen LogP contribution < -0.4 is 21.0 Å². The lowest BCUT2D eigenvalue weighted by Crippen LogP contribution is -2.51. The highest BCUT2D eigenvalue weighted by Crippen LogP contribution is 2.32. The second-order valence-electron chi connectivity index (χ2n) is 10.8. The van der Waals surface area contributed by atoms with E-state index in [1.54, 1.807) is 12.3 Å². The van der Waals surface area contributed by atoms with Crippen molar-refractivity contribution in [2.75, 3.05) is 62.2 Å². The molecule has 7 nitrogen and oxygen atoms in total. The van der Waals surface area contributed by atoms with Crippen LogP contribution in [0.2, 0.25) is 5.02 Å². The highest BCUT2D eigenvalue weighted by molar-refractivity contribution is 7.80. The Kier molecular flexibility index (Phi) is 9.55. The maximum absolute atomic E-state index is 15.5. The Bertz CT molecular complexity index is 1160. The van der Waals surface area contributed by atoms with Crippen molar-refractivity contribution in [3.05, 3.63) is 58.4 Å². The Morgan fingerprint density at radius 3 is 2.33 bits per heavy atom. The summed E-state index contributed by atoms with van der Waals surface area (Å²) < 4.78 is 15.5. The molecule has 39 heavy (non-hydrogen) atoms. The zero-order chi connectivity index (χ0) is 27.2. The Hall–Kier alpha value is -2.46. The maximum atomic E-state index is 15.5. The summed E-state index contributed by atoms with van der Waals surface area (Å²) >= 11 is 11.3. The summed E-state index contributed by atoms with van der Waals surface area (Å²) in [7, 11) is 0. The van der Waals surface area contributed by atoms with Crippen LogP contribution in [0.1, 0.15) is 43.2 Å². The molecule has 2 aliphatic heterocycles. The van der Waals surface area contributed by atoms with E-state index >= 15 is 4.39 Å². The van der Waals surface area contributed by atoms with Gasteiger partial charge in [-0.1, -0.05) is 49.1 Å². The predicted octanol–water partition coefficient (Wildman–Crippen LogP) is 4.42. The average Bonchev–Trinajstić information content (AvgIpc) is 2.95. The molecule has 0 spiro atoms. The molecular weight excluding hydrogens is 533 g/mol. The number of nitrogens with zero attached hydrogens (tertiary/aromatic N) is 5. The van der Waals surface area contributed by atoms with E-state index in [0.717, 1.165) is 80.7 Å². The van der Waals surface area contributed by atoms with E-state index in [4.69, 9.17) is 29.6 Å². The quantitative estimate of drug-likeness (QED) is 0.290. The Labute approximate surface area is 241 Å². The lowest BCUT2D eigenvalue weighted by Gasteiger charge is -2.42. The minimum Gasteiger partial charge on any atom is -0.375 e. The van der Waals surface area contributed by atoms with Crippen molar-refractivity contribution < 1.29 is 4.39 Å². The number of piperazine rings is 2. The van der Waals surface area contributed by atoms with Crippen LogP contribution in [0.5, 0.6) is 0 Å². The number of hydrogen-bond acceptors (Lipinski definition) is 6. The van der Waals surface area contributed by atoms with Crippen molar-refractivity contribution in [3.63, 3.8) is 0 Å². The van der Waals surface area contributed by atoms with Gasteiger partial charge in [0.05, 0.1) is 11.9 Å². The molecule has 3 fully saturated rings. The second-order valence-corrected chi connectivity index (χ2v) is 11.6. The molecule has 2 aromatic rings. The van der Waals surface area contributed by atoms with Gasteiger partial charge in [-0.2, -0.15) is 5.10 Å². The highest BCUT2D eigenvalue weighted by atomic mass is 35.5. The van der Waals surface area contributed by atoms with E-state index in [9.17, 15) is 0 Å². The number of anilines is 2. The summed E-state index contributed by atoms with van der Waals surface area (Å²) in [6.45, 7) is 7.90. The number of halogens is 2. The SMILES string of the molecule is NC(=S)NN=Cc1cc(F)c(N2CCN(Cc3ccccc3Cl)CC2)cc1N1CCN(C2CCCCC2)CC1. The van der Waals surface area contributed by atoms with Gasteiger partial charge in [-0.15, -0.1) is 0 Å². The fourth-order valence-corrected chi connectivity index (χ4v) is 6.39. The van der Waals surface area contributed by atoms with Crippen LogP contribution >= 0.6 is 23.8 Å². The molecule has 10 heteroatoms. The largest absolute Gasteiger partial charge is 0.375 e. The minimum absolute atomic E-state index is 0.0839. The van der Waals surface area contributed by atoms with Crippen LogP contribution in [-0.2, 0) is 6.54 Å². The van der Waals surface area contributed by atoms with Crippen LogP contribution in [0.25, 0.3) is 0 Å². The number of nitrogens with one attached hydrogen (secondary N) is 1. The topological polar surface area (TPSA) is 63.4 Å². The van der Waals surface area contributed by atoms with Crippen LogP contribution in [0.15, 0.2) is 41.5 Å². The van der Waals surface area contributed by atoms with Gasteiger partial charge >= 0.3 is 0 Å². The molecule has 5 rings (SSSR count). The zero-order valence-electron chi connectivity index (χ0n) is 22.5. The summed E-state index contributed by atoms with van der Waals surface area (Å²) in [6, 6.07) is 12.3. The van der Waals surface area contributed by atoms with Gasteiger partial charge in [0.25, 0.3) is 0 Å². The van der Waals surface area contributed by atoms with Gasteiger partial charge in [-0.25, -0.2) is 4.39 Å². The van der Waals surface area contributed by atoms with Gasteiger partial charge in [-0.05, 0) is 48.8 Å². The predicted molar refractivity (Wildman–Crippen MR) is 164 cm³/mol. The number of thiocarbonyl (C=S) groups is 1. The smallest absolute Gasteiger partial charge is 0.184 e. The van der Waals surface area contributed by atoms with Gasteiger partial charge in [-0.3, -0.25) is 15.2 Å². The third kappa shape index (κ3) is 7.20. The van der Waals surface area contributed by atoms with Gasteiger partial charge in [0.2, 0.25) is 0 Å². The fraction of sp³-hybridized carbons (Fsp3) is 0.517. The molecule has 2 aromatic carbocycles. The Morgan fingerprint density at radius 2 is 1.64 bits per heavy atom. The first-order chi connectivity index (χ1) is 19.0. The average molecular weight is 572 g/mol. The molecule has 0 atom stereocenters. The van der Waals surface area contributed by atoms with Crippen molar-refractivity contribution in [3.8, 4) is 0 Å². The van der Waals surface area contributed by atoms with Crippen LogP contribution in [0, 0.1) is 5.82 Å². The minimum atomic E-state index is -0.240. The van der Waals surface area contributed by atoms with E-state index in [1.165, 1.54) is 32.1 Å². The highest BCUT2D eigenvalue weighted by Gasteiger charge is 2.28. The van der Waals surface area contributed by atoms with Crippen molar-refractivity contribution in [1.82, 2.24) is 15.2 Å². The maximum Gasteiger partial charge on any atom is 0.184 e. The summed E-state index contributed by atoms with van der Waals surface area (Å²) in [5, 5.41) is 5.03. The monoisotopic (exact) mass is 571 g/mol. The first-order valence-corrected chi connectivity index (χ1v) is 14.9. The van der Waals surface area contributed by atoms with Gasteiger partial charge < -0.3 is 15.5 Å². The molecule has 0 aromatic heterocycles. The van der Waals surface area contributed by atoms with E-state index in [0.29, 0.717) is 11.7 Å². The number of nitrogens with two attached hydrogens (primary N) is 1. The van der Waals surface area contributed by atoms with Gasteiger partial charge in [0.1, 0.15) is 5.82 Å². The van der Waals surface area contributed by atoms with Crippen molar-refractivity contribution in [1.29, 1.82) is 0 Å². The van der Waals surface area contributed by atoms with Gasteiger partial charge in [0, 0.05) is 81.2 Å². The van der Waals surface area contributed by atoms with Crippen molar-refractivity contribution in [2.24, 2.45) is 10.8 Å². The summed E-state index contributed by atoms with van der Waals surface area (Å²) in [6.07, 6.45) is 8.29. The first kappa shape index (κ1) is 28.1. The molecule has 3 N–H and O–H groups in total. The molecule has 3 aliphatic rings. The fourth-order valence-electron chi connectivity index (χ4n) is 6.14. The molecule has 2 heterocycles.